The summed E-state index contributed by atoms with van der Waals surface area (Å²) in [6.45, 7) is 3.34. The Morgan fingerprint density at radius 3 is 2.67 bits per heavy atom. The lowest BCUT2D eigenvalue weighted by Gasteiger charge is -2.36. The number of hydrogen-bond donors (Lipinski definition) is 2. The Kier molecular flexibility index (Phi) is 6.75. The van der Waals surface area contributed by atoms with Crippen molar-refractivity contribution in [2.75, 3.05) is 6.54 Å². The third-order valence-corrected chi connectivity index (χ3v) is 7.05. The molecule has 0 saturated heterocycles. The van der Waals surface area contributed by atoms with Gasteiger partial charge in [-0.05, 0) is 63.8 Å². The maximum atomic E-state index is 6.83. The first-order chi connectivity index (χ1) is 14.5. The van der Waals surface area contributed by atoms with Gasteiger partial charge in [-0.1, -0.05) is 31.4 Å². The molecule has 0 atom stereocenters. The molecule has 2 fully saturated rings. The summed E-state index contributed by atoms with van der Waals surface area (Å²) in [6.07, 6.45) is 14.9. The summed E-state index contributed by atoms with van der Waals surface area (Å²) < 4.78 is 1.96. The Bertz CT molecular complexity index is 851. The highest BCUT2D eigenvalue weighted by atomic mass is 35.5. The molecule has 0 spiro atoms. The van der Waals surface area contributed by atoms with Crippen LogP contribution in [-0.2, 0) is 19.0 Å². The third kappa shape index (κ3) is 4.87. The van der Waals surface area contributed by atoms with E-state index in [1.807, 2.05) is 17.9 Å². The SMILES string of the molecule is CCCCCNC1CCC(N)(c2ncc(Cl)c(-c3cnn(C)c3CC3CC3)n2)CC1. The molecule has 30 heavy (non-hydrogen) atoms. The van der Waals surface area contributed by atoms with Gasteiger partial charge in [0.25, 0.3) is 0 Å². The van der Waals surface area contributed by atoms with Crippen molar-refractivity contribution in [3.63, 3.8) is 0 Å². The minimum absolute atomic E-state index is 0.486. The Balaban J connectivity index is 1.48. The molecule has 7 heteroatoms. The molecule has 0 bridgehead atoms. The van der Waals surface area contributed by atoms with Crippen molar-refractivity contribution in [3.05, 3.63) is 28.9 Å². The van der Waals surface area contributed by atoms with Crippen molar-refractivity contribution < 1.29 is 0 Å². The van der Waals surface area contributed by atoms with Crippen LogP contribution in [0.4, 0.5) is 0 Å². The summed E-state index contributed by atoms with van der Waals surface area (Å²) in [5, 5.41) is 8.75. The van der Waals surface area contributed by atoms with Gasteiger partial charge in [0, 0.05) is 30.5 Å². The quantitative estimate of drug-likeness (QED) is 0.577. The number of hydrogen-bond acceptors (Lipinski definition) is 5. The van der Waals surface area contributed by atoms with Crippen molar-refractivity contribution in [1.82, 2.24) is 25.1 Å². The average molecular weight is 431 g/mol. The number of nitrogens with zero attached hydrogens (tertiary/aromatic N) is 4. The zero-order valence-electron chi connectivity index (χ0n) is 18.3. The van der Waals surface area contributed by atoms with Crippen LogP contribution in [0.2, 0.25) is 5.02 Å². The molecule has 2 aromatic rings. The first-order valence-electron chi connectivity index (χ1n) is 11.6. The maximum Gasteiger partial charge on any atom is 0.148 e. The van der Waals surface area contributed by atoms with Gasteiger partial charge >= 0.3 is 0 Å². The Labute approximate surface area is 185 Å². The van der Waals surface area contributed by atoms with E-state index in [0.29, 0.717) is 16.9 Å². The van der Waals surface area contributed by atoms with Crippen LogP contribution in [0.3, 0.4) is 0 Å². The standard InChI is InChI=1S/C23H35ClN6/c1-3-4-5-12-26-17-8-10-23(25,11-9-17)22-27-15-19(24)21(29-22)18-14-28-30(2)20(18)13-16-6-7-16/h14-17,26H,3-13,25H2,1-2H3. The molecule has 0 amide bonds. The lowest BCUT2D eigenvalue weighted by Crippen LogP contribution is -2.46. The molecule has 0 unspecified atom stereocenters. The highest BCUT2D eigenvalue weighted by Crippen LogP contribution is 2.38. The minimum Gasteiger partial charge on any atom is -0.319 e. The molecular formula is C23H35ClN6. The largest absolute Gasteiger partial charge is 0.319 e. The third-order valence-electron chi connectivity index (χ3n) is 6.78. The van der Waals surface area contributed by atoms with Crippen LogP contribution in [0.5, 0.6) is 0 Å². The van der Waals surface area contributed by atoms with Crippen molar-refractivity contribution in [3.8, 4) is 11.3 Å². The summed E-state index contributed by atoms with van der Waals surface area (Å²) in [5.74, 6) is 1.48. The van der Waals surface area contributed by atoms with Crippen molar-refractivity contribution >= 4 is 11.6 Å². The highest BCUT2D eigenvalue weighted by molar-refractivity contribution is 6.32. The van der Waals surface area contributed by atoms with Crippen LogP contribution in [0.25, 0.3) is 11.3 Å². The first-order valence-corrected chi connectivity index (χ1v) is 11.9. The van der Waals surface area contributed by atoms with Crippen LogP contribution in [-0.4, -0.2) is 32.3 Å². The van der Waals surface area contributed by atoms with Gasteiger partial charge in [-0.3, -0.25) is 4.68 Å². The smallest absolute Gasteiger partial charge is 0.148 e. The van der Waals surface area contributed by atoms with Gasteiger partial charge in [0.2, 0.25) is 0 Å². The van der Waals surface area contributed by atoms with E-state index in [2.05, 4.69) is 22.3 Å². The molecule has 0 aromatic carbocycles. The van der Waals surface area contributed by atoms with E-state index in [4.69, 9.17) is 22.3 Å². The van der Waals surface area contributed by atoms with E-state index in [9.17, 15) is 0 Å². The molecule has 164 valence electrons. The van der Waals surface area contributed by atoms with Gasteiger partial charge in [0.05, 0.1) is 22.5 Å². The van der Waals surface area contributed by atoms with E-state index in [1.54, 1.807) is 6.20 Å². The fraction of sp³-hybridized carbons (Fsp3) is 0.696. The van der Waals surface area contributed by atoms with Gasteiger partial charge in [0.15, 0.2) is 0 Å². The summed E-state index contributed by atoms with van der Waals surface area (Å²) >= 11 is 6.54. The molecule has 6 nitrogen and oxygen atoms in total. The number of rotatable bonds is 9. The number of aromatic nitrogens is 4. The van der Waals surface area contributed by atoms with Crippen molar-refractivity contribution in [2.24, 2.45) is 18.7 Å². The summed E-state index contributed by atoms with van der Waals surface area (Å²) in [6, 6.07) is 0.550. The predicted molar refractivity (Wildman–Crippen MR) is 121 cm³/mol. The number of unbranched alkanes of at least 4 members (excludes halogenated alkanes) is 2. The molecular weight excluding hydrogens is 396 g/mol. The molecule has 4 rings (SSSR count). The van der Waals surface area contributed by atoms with E-state index < -0.39 is 5.54 Å². The van der Waals surface area contributed by atoms with Crippen LogP contribution < -0.4 is 11.1 Å². The van der Waals surface area contributed by atoms with Gasteiger partial charge < -0.3 is 11.1 Å². The Morgan fingerprint density at radius 1 is 1.20 bits per heavy atom. The second-order valence-corrected chi connectivity index (χ2v) is 9.67. The van der Waals surface area contributed by atoms with Crippen LogP contribution in [0.15, 0.2) is 12.4 Å². The molecule has 2 aliphatic carbocycles. The monoisotopic (exact) mass is 430 g/mol. The summed E-state index contributed by atoms with van der Waals surface area (Å²) in [4.78, 5) is 9.47. The number of aryl methyl sites for hydroxylation is 1. The molecule has 2 heterocycles. The van der Waals surface area contributed by atoms with Gasteiger partial charge in [-0.25, -0.2) is 9.97 Å². The second-order valence-electron chi connectivity index (χ2n) is 9.26. The summed E-state index contributed by atoms with van der Waals surface area (Å²) in [5.41, 5.74) is 9.35. The predicted octanol–water partition coefficient (Wildman–Crippen LogP) is 4.36. The molecule has 2 aromatic heterocycles. The zero-order chi connectivity index (χ0) is 21.1. The molecule has 0 radical (unpaired) electrons. The minimum atomic E-state index is -0.486. The fourth-order valence-electron chi connectivity index (χ4n) is 4.54. The normalized spacial score (nSPS) is 24.3. The average Bonchev–Trinajstić information content (AvgIpc) is 3.50. The second kappa shape index (κ2) is 9.33. The lowest BCUT2D eigenvalue weighted by atomic mass is 9.79. The number of nitrogens with two attached hydrogens (primary N) is 1. The highest BCUT2D eigenvalue weighted by Gasteiger charge is 2.36. The van der Waals surface area contributed by atoms with Crippen molar-refractivity contribution in [1.29, 1.82) is 0 Å². The number of nitrogens with one attached hydrogen (secondary N) is 1. The molecule has 2 aliphatic rings. The van der Waals surface area contributed by atoms with Gasteiger partial charge in [-0.15, -0.1) is 0 Å². The maximum absolute atomic E-state index is 6.83. The lowest BCUT2D eigenvalue weighted by molar-refractivity contribution is 0.241. The van der Waals surface area contributed by atoms with Crippen LogP contribution >= 0.6 is 11.6 Å². The molecule has 2 saturated carbocycles. The molecule has 0 aliphatic heterocycles. The van der Waals surface area contributed by atoms with E-state index >= 15 is 0 Å². The number of halogens is 1. The van der Waals surface area contributed by atoms with E-state index in [0.717, 1.165) is 55.8 Å². The van der Waals surface area contributed by atoms with Crippen LogP contribution in [0, 0.1) is 5.92 Å². The van der Waals surface area contributed by atoms with E-state index in [1.165, 1.54) is 37.8 Å². The summed E-state index contributed by atoms with van der Waals surface area (Å²) in [7, 11) is 2.00. The Hall–Kier alpha value is -1.50. The topological polar surface area (TPSA) is 81.6 Å². The molecule has 3 N–H and O–H groups in total. The first kappa shape index (κ1) is 21.7. The Morgan fingerprint density at radius 2 is 1.97 bits per heavy atom. The van der Waals surface area contributed by atoms with Gasteiger partial charge in [0.1, 0.15) is 5.82 Å². The van der Waals surface area contributed by atoms with E-state index in [-0.39, 0.29) is 0 Å². The van der Waals surface area contributed by atoms with Gasteiger partial charge in [-0.2, -0.15) is 5.10 Å². The fourth-order valence-corrected chi connectivity index (χ4v) is 4.73. The van der Waals surface area contributed by atoms with Crippen molar-refractivity contribution in [2.45, 2.75) is 82.7 Å². The van der Waals surface area contributed by atoms with Crippen LogP contribution in [0.1, 0.15) is 76.2 Å². The zero-order valence-corrected chi connectivity index (χ0v) is 19.1.